The molecule has 2 aromatic carbocycles. The van der Waals surface area contributed by atoms with E-state index in [9.17, 15) is 0 Å². The van der Waals surface area contributed by atoms with Crippen molar-refractivity contribution in [2.24, 2.45) is 0 Å². The van der Waals surface area contributed by atoms with E-state index < -0.39 is 17.6 Å². The molecule has 0 atom stereocenters. The first-order valence-corrected chi connectivity index (χ1v) is 16.0. The molecule has 2 aromatic rings. The zero-order chi connectivity index (χ0) is 20.2. The van der Waals surface area contributed by atoms with Gasteiger partial charge in [-0.15, -0.1) is 0 Å². The molecule has 0 aliphatic heterocycles. The van der Waals surface area contributed by atoms with E-state index >= 15 is 0 Å². The quantitative estimate of drug-likeness (QED) is 0.283. The topological polar surface area (TPSA) is 0 Å². The minimum Gasteiger partial charge on any atom is -0.0656 e. The molecule has 0 fully saturated rings. The lowest BCUT2D eigenvalue weighted by atomic mass is 10.1. The SMILES string of the molecule is CCC[SiH](CCC)c1ccc(C=Cc2ccc([SiH](CCC)CCC)cc2)cc1. The Bertz CT molecular complexity index is 612. The fraction of sp³-hybridized carbons (Fsp3) is 0.462. The van der Waals surface area contributed by atoms with Gasteiger partial charge in [0.2, 0.25) is 0 Å². The fourth-order valence-electron chi connectivity index (χ4n) is 4.30. The van der Waals surface area contributed by atoms with Crippen molar-refractivity contribution in [2.75, 3.05) is 0 Å². The average molecular weight is 409 g/mol. The third kappa shape index (κ3) is 7.22. The number of hydrogen-bond donors (Lipinski definition) is 0. The van der Waals surface area contributed by atoms with Gasteiger partial charge in [0.1, 0.15) is 0 Å². The molecule has 0 N–H and O–H groups in total. The molecule has 0 bridgehead atoms. The molecule has 0 aliphatic rings. The van der Waals surface area contributed by atoms with Crippen LogP contribution in [0.15, 0.2) is 48.5 Å². The monoisotopic (exact) mass is 408 g/mol. The Morgan fingerprint density at radius 1 is 0.500 bits per heavy atom. The molecule has 0 amide bonds. The highest BCUT2D eigenvalue weighted by atomic mass is 28.3. The molecule has 0 nitrogen and oxygen atoms in total. The molecule has 2 rings (SSSR count). The Hall–Kier alpha value is -1.39. The highest BCUT2D eigenvalue weighted by molar-refractivity contribution is 6.73. The van der Waals surface area contributed by atoms with Crippen molar-refractivity contribution in [1.29, 1.82) is 0 Å². The Balaban J connectivity index is 2.02. The molecule has 0 heterocycles. The van der Waals surface area contributed by atoms with Gasteiger partial charge in [-0.1, -0.05) is 149 Å². The van der Waals surface area contributed by atoms with Gasteiger partial charge >= 0.3 is 0 Å². The molecule has 0 saturated carbocycles. The van der Waals surface area contributed by atoms with Crippen LogP contribution in [0, 0.1) is 0 Å². The van der Waals surface area contributed by atoms with Crippen LogP contribution >= 0.6 is 0 Å². The summed E-state index contributed by atoms with van der Waals surface area (Å²) >= 11 is 0. The summed E-state index contributed by atoms with van der Waals surface area (Å²) in [6, 6.07) is 24.6. The Morgan fingerprint density at radius 2 is 0.786 bits per heavy atom. The van der Waals surface area contributed by atoms with Crippen LogP contribution in [0.3, 0.4) is 0 Å². The first-order valence-electron chi connectivity index (χ1n) is 11.6. The predicted molar refractivity (Wildman–Crippen MR) is 136 cm³/mol. The van der Waals surface area contributed by atoms with E-state index in [0.29, 0.717) is 0 Å². The maximum absolute atomic E-state index is 2.40. The van der Waals surface area contributed by atoms with Crippen LogP contribution < -0.4 is 10.4 Å². The molecule has 2 heteroatoms. The third-order valence-electron chi connectivity index (χ3n) is 5.83. The summed E-state index contributed by atoms with van der Waals surface area (Å²) in [6.07, 6.45) is 9.84. The average Bonchev–Trinajstić information content (AvgIpc) is 2.73. The van der Waals surface area contributed by atoms with Gasteiger partial charge in [0.25, 0.3) is 0 Å². The molecule has 0 aromatic heterocycles. The minimum absolute atomic E-state index is 0.740. The Morgan fingerprint density at radius 3 is 1.04 bits per heavy atom. The number of hydrogen-bond acceptors (Lipinski definition) is 0. The molecule has 28 heavy (non-hydrogen) atoms. The molecule has 0 aliphatic carbocycles. The second-order valence-corrected chi connectivity index (χ2v) is 14.6. The van der Waals surface area contributed by atoms with Crippen LogP contribution in [-0.2, 0) is 0 Å². The maximum atomic E-state index is 2.40. The lowest BCUT2D eigenvalue weighted by Crippen LogP contribution is -2.29. The number of benzene rings is 2. The van der Waals surface area contributed by atoms with Crippen LogP contribution in [0.4, 0.5) is 0 Å². The van der Waals surface area contributed by atoms with Gasteiger partial charge in [-0.3, -0.25) is 0 Å². The molecule has 152 valence electrons. The highest BCUT2D eigenvalue weighted by Gasteiger charge is 2.12. The first kappa shape index (κ1) is 22.9. The summed E-state index contributed by atoms with van der Waals surface area (Å²) in [4.78, 5) is 0. The van der Waals surface area contributed by atoms with Crippen LogP contribution in [0.25, 0.3) is 12.2 Å². The van der Waals surface area contributed by atoms with Crippen molar-refractivity contribution >= 4 is 40.1 Å². The maximum Gasteiger partial charge on any atom is 0.0708 e. The molecule has 0 spiro atoms. The lowest BCUT2D eigenvalue weighted by molar-refractivity contribution is 1.01. The van der Waals surface area contributed by atoms with Crippen molar-refractivity contribution in [3.05, 3.63) is 59.7 Å². The summed E-state index contributed by atoms with van der Waals surface area (Å²) < 4.78 is 0. The second-order valence-electron chi connectivity index (χ2n) is 8.22. The van der Waals surface area contributed by atoms with Gasteiger partial charge in [0, 0.05) is 0 Å². The van der Waals surface area contributed by atoms with E-state index in [1.54, 1.807) is 10.4 Å². The zero-order valence-electron chi connectivity index (χ0n) is 18.6. The van der Waals surface area contributed by atoms with Gasteiger partial charge in [-0.05, 0) is 11.1 Å². The first-order chi connectivity index (χ1) is 13.7. The van der Waals surface area contributed by atoms with Gasteiger partial charge in [-0.25, -0.2) is 0 Å². The predicted octanol–water partition coefficient (Wildman–Crippen LogP) is 6.37. The van der Waals surface area contributed by atoms with Gasteiger partial charge in [0.05, 0.1) is 17.6 Å². The van der Waals surface area contributed by atoms with Crippen molar-refractivity contribution in [1.82, 2.24) is 0 Å². The van der Waals surface area contributed by atoms with Crippen LogP contribution in [0.5, 0.6) is 0 Å². The normalized spacial score (nSPS) is 11.8. The van der Waals surface area contributed by atoms with E-state index in [4.69, 9.17) is 0 Å². The van der Waals surface area contributed by atoms with Crippen molar-refractivity contribution in [2.45, 2.75) is 77.6 Å². The summed E-state index contributed by atoms with van der Waals surface area (Å²) in [6.45, 7) is 9.31. The fourth-order valence-corrected chi connectivity index (χ4v) is 10.5. The van der Waals surface area contributed by atoms with Crippen molar-refractivity contribution in [3.63, 3.8) is 0 Å². The summed E-state index contributed by atoms with van der Waals surface area (Å²) in [7, 11) is -1.48. The highest BCUT2D eigenvalue weighted by Crippen LogP contribution is 2.12. The smallest absolute Gasteiger partial charge is 0.0656 e. The van der Waals surface area contributed by atoms with E-state index in [1.807, 2.05) is 0 Å². The largest absolute Gasteiger partial charge is 0.0708 e. The minimum atomic E-state index is -0.740. The van der Waals surface area contributed by atoms with Gasteiger partial charge in [0.15, 0.2) is 0 Å². The summed E-state index contributed by atoms with van der Waals surface area (Å²) in [5, 5.41) is 3.29. The van der Waals surface area contributed by atoms with Gasteiger partial charge in [-0.2, -0.15) is 0 Å². The van der Waals surface area contributed by atoms with Gasteiger partial charge < -0.3 is 0 Å². The molecule has 0 unspecified atom stereocenters. The van der Waals surface area contributed by atoms with Crippen LogP contribution in [0.2, 0.25) is 24.2 Å². The summed E-state index contributed by atoms with van der Waals surface area (Å²) in [5.41, 5.74) is 2.63. The molecular weight excluding hydrogens is 368 g/mol. The molecule has 0 saturated heterocycles. The van der Waals surface area contributed by atoms with E-state index in [0.717, 1.165) is 0 Å². The Labute approximate surface area is 177 Å². The van der Waals surface area contributed by atoms with Crippen molar-refractivity contribution < 1.29 is 0 Å². The zero-order valence-corrected chi connectivity index (χ0v) is 20.9. The number of rotatable bonds is 12. The molecule has 0 radical (unpaired) electrons. The Kier molecular flexibility index (Phi) is 10.6. The lowest BCUT2D eigenvalue weighted by Gasteiger charge is -2.14. The standard InChI is InChI=1S/C26H40Si2/c1-5-19-27(20-6-2)25-15-11-23(12-16-25)9-10-24-13-17-26(18-14-24)28(21-7-3)22-8-4/h9-18,27-28H,5-8,19-22H2,1-4H3. The summed E-state index contributed by atoms with van der Waals surface area (Å²) in [5.74, 6) is 0. The second kappa shape index (κ2) is 13.0. The van der Waals surface area contributed by atoms with E-state index in [-0.39, 0.29) is 0 Å². The van der Waals surface area contributed by atoms with Crippen LogP contribution in [0.1, 0.15) is 64.5 Å². The molecular formula is C26H40Si2. The van der Waals surface area contributed by atoms with Crippen molar-refractivity contribution in [3.8, 4) is 0 Å². The third-order valence-corrected chi connectivity index (χ3v) is 13.6. The van der Waals surface area contributed by atoms with Crippen LogP contribution in [-0.4, -0.2) is 17.6 Å². The van der Waals surface area contributed by atoms with E-state index in [1.165, 1.54) is 61.0 Å². The van der Waals surface area contributed by atoms with E-state index in [2.05, 4.69) is 88.4 Å².